The number of sulfonamides is 1. The van der Waals surface area contributed by atoms with Crippen molar-refractivity contribution < 1.29 is 8.42 Å². The van der Waals surface area contributed by atoms with Crippen LogP contribution in [0.3, 0.4) is 0 Å². The topological polar surface area (TPSA) is 49.4 Å². The van der Waals surface area contributed by atoms with Crippen LogP contribution in [-0.4, -0.2) is 39.5 Å². The molecule has 1 aromatic rings. The fraction of sp³-hybridized carbons (Fsp3) is 0.538. The zero-order chi connectivity index (χ0) is 14.0. The van der Waals surface area contributed by atoms with Crippen LogP contribution < -0.4 is 4.72 Å². The summed E-state index contributed by atoms with van der Waals surface area (Å²) in [7, 11) is -1.44. The summed E-state index contributed by atoms with van der Waals surface area (Å²) in [6.45, 7) is 3.74. The lowest BCUT2D eigenvalue weighted by Gasteiger charge is -2.30. The number of rotatable bonds is 3. The van der Waals surface area contributed by atoms with Crippen molar-refractivity contribution in [3.63, 3.8) is 0 Å². The number of hydrogen-bond donors (Lipinski definition) is 1. The van der Waals surface area contributed by atoms with Crippen LogP contribution in [0.15, 0.2) is 27.6 Å². The third-order valence-electron chi connectivity index (χ3n) is 3.32. The molecule has 1 saturated heterocycles. The second kappa shape index (κ2) is 5.91. The maximum atomic E-state index is 12.4. The van der Waals surface area contributed by atoms with Crippen molar-refractivity contribution in [2.45, 2.75) is 30.7 Å². The quantitative estimate of drug-likeness (QED) is 0.911. The molecule has 0 amide bonds. The smallest absolute Gasteiger partial charge is 0.241 e. The van der Waals surface area contributed by atoms with Crippen LogP contribution in [-0.2, 0) is 10.0 Å². The van der Waals surface area contributed by atoms with E-state index in [1.165, 1.54) is 0 Å². The van der Waals surface area contributed by atoms with E-state index in [1.54, 1.807) is 6.07 Å². The highest BCUT2D eigenvalue weighted by Gasteiger charge is 2.25. The predicted molar refractivity (Wildman–Crippen MR) is 79.7 cm³/mol. The Morgan fingerprint density at radius 1 is 1.42 bits per heavy atom. The summed E-state index contributed by atoms with van der Waals surface area (Å²) in [5.74, 6) is 0. The number of benzene rings is 1. The molecule has 0 radical (unpaired) electrons. The first-order valence-corrected chi connectivity index (χ1v) is 8.63. The molecule has 1 fully saturated rings. The lowest BCUT2D eigenvalue weighted by Crippen LogP contribution is -2.46. The Labute approximate surface area is 123 Å². The van der Waals surface area contributed by atoms with Gasteiger partial charge in [-0.25, -0.2) is 13.1 Å². The van der Waals surface area contributed by atoms with Crippen molar-refractivity contribution in [1.82, 2.24) is 9.62 Å². The van der Waals surface area contributed by atoms with Gasteiger partial charge < -0.3 is 4.90 Å². The lowest BCUT2D eigenvalue weighted by atomic mass is 10.1. The van der Waals surface area contributed by atoms with E-state index in [-0.39, 0.29) is 6.04 Å². The minimum absolute atomic E-state index is 0.00282. The van der Waals surface area contributed by atoms with Crippen LogP contribution in [0, 0.1) is 6.92 Å². The first-order chi connectivity index (χ1) is 8.88. The van der Waals surface area contributed by atoms with Crippen LogP contribution in [0.1, 0.15) is 18.4 Å². The summed E-state index contributed by atoms with van der Waals surface area (Å²) in [5, 5.41) is 0. The van der Waals surface area contributed by atoms with Gasteiger partial charge in [-0.1, -0.05) is 6.07 Å². The standard InChI is InChI=1S/C13H19BrN2O2S/c1-10-5-6-13(12(14)8-10)19(17,18)15-11-4-3-7-16(2)9-11/h5-6,8,11,15H,3-4,7,9H2,1-2H3. The molecule has 0 saturated carbocycles. The Morgan fingerprint density at radius 3 is 2.79 bits per heavy atom. The van der Waals surface area contributed by atoms with Crippen molar-refractivity contribution >= 4 is 26.0 Å². The first-order valence-electron chi connectivity index (χ1n) is 6.35. The SMILES string of the molecule is Cc1ccc(S(=O)(=O)NC2CCCN(C)C2)c(Br)c1. The zero-order valence-corrected chi connectivity index (χ0v) is 13.6. The number of nitrogens with one attached hydrogen (secondary N) is 1. The highest BCUT2D eigenvalue weighted by atomic mass is 79.9. The van der Waals surface area contributed by atoms with Crippen molar-refractivity contribution in [2.75, 3.05) is 20.1 Å². The Balaban J connectivity index is 2.18. The summed E-state index contributed by atoms with van der Waals surface area (Å²) in [4.78, 5) is 2.47. The molecular weight excluding hydrogens is 328 g/mol. The molecule has 1 N–H and O–H groups in total. The van der Waals surface area contributed by atoms with Crippen LogP contribution in [0.4, 0.5) is 0 Å². The summed E-state index contributed by atoms with van der Waals surface area (Å²) >= 11 is 3.33. The monoisotopic (exact) mass is 346 g/mol. The van der Waals surface area contributed by atoms with Crippen molar-refractivity contribution in [3.8, 4) is 0 Å². The van der Waals surface area contributed by atoms with Crippen LogP contribution in [0.2, 0.25) is 0 Å². The summed E-state index contributed by atoms with van der Waals surface area (Å²) in [5.41, 5.74) is 1.03. The molecule has 19 heavy (non-hydrogen) atoms. The zero-order valence-electron chi connectivity index (χ0n) is 11.2. The maximum absolute atomic E-state index is 12.4. The molecule has 1 atom stereocenters. The minimum atomic E-state index is -3.45. The molecule has 1 heterocycles. The predicted octanol–water partition coefficient (Wildman–Crippen LogP) is 2.13. The molecule has 106 valence electrons. The largest absolute Gasteiger partial charge is 0.305 e. The average molecular weight is 347 g/mol. The average Bonchev–Trinajstić information content (AvgIpc) is 2.27. The summed E-state index contributed by atoms with van der Waals surface area (Å²) in [6.07, 6.45) is 1.92. The summed E-state index contributed by atoms with van der Waals surface area (Å²) < 4.78 is 28.2. The number of aryl methyl sites for hydroxylation is 1. The third kappa shape index (κ3) is 3.78. The molecule has 0 aromatic heterocycles. The van der Waals surface area contributed by atoms with Gasteiger partial charge in [-0.05, 0) is 67.0 Å². The summed E-state index contributed by atoms with van der Waals surface area (Å²) in [6, 6.07) is 5.28. The van der Waals surface area contributed by atoms with Gasteiger partial charge >= 0.3 is 0 Å². The van der Waals surface area contributed by atoms with Gasteiger partial charge in [-0.3, -0.25) is 0 Å². The lowest BCUT2D eigenvalue weighted by molar-refractivity contribution is 0.242. The molecule has 1 aliphatic heterocycles. The molecule has 6 heteroatoms. The minimum Gasteiger partial charge on any atom is -0.305 e. The van der Waals surface area contributed by atoms with E-state index in [2.05, 4.69) is 25.6 Å². The van der Waals surface area contributed by atoms with Gasteiger partial charge in [-0.2, -0.15) is 0 Å². The number of nitrogens with zero attached hydrogens (tertiary/aromatic N) is 1. The van der Waals surface area contributed by atoms with E-state index in [4.69, 9.17) is 0 Å². The van der Waals surface area contributed by atoms with Crippen LogP contribution >= 0.6 is 15.9 Å². The molecule has 2 rings (SSSR count). The van der Waals surface area contributed by atoms with Gasteiger partial charge in [0.2, 0.25) is 10.0 Å². The number of likely N-dealkylation sites (N-methyl/N-ethyl adjacent to an activating group) is 1. The van der Waals surface area contributed by atoms with E-state index < -0.39 is 10.0 Å². The normalized spacial score (nSPS) is 21.5. The molecule has 4 nitrogen and oxygen atoms in total. The third-order valence-corrected chi connectivity index (χ3v) is 5.82. The Bertz CT molecular complexity index is 560. The number of halogens is 1. The highest BCUT2D eigenvalue weighted by molar-refractivity contribution is 9.10. The van der Waals surface area contributed by atoms with Crippen LogP contribution in [0.5, 0.6) is 0 Å². The molecule has 1 unspecified atom stereocenters. The van der Waals surface area contributed by atoms with E-state index in [1.807, 2.05) is 26.1 Å². The second-order valence-corrected chi connectivity index (χ2v) is 7.69. The highest BCUT2D eigenvalue weighted by Crippen LogP contribution is 2.23. The van der Waals surface area contributed by atoms with Gasteiger partial charge in [0.05, 0.1) is 4.90 Å². The molecule has 1 aromatic carbocycles. The molecule has 0 spiro atoms. The number of hydrogen-bond acceptors (Lipinski definition) is 3. The van der Waals surface area contributed by atoms with Crippen molar-refractivity contribution in [3.05, 3.63) is 28.2 Å². The first kappa shape index (κ1) is 15.0. The van der Waals surface area contributed by atoms with Crippen LogP contribution in [0.25, 0.3) is 0 Å². The van der Waals surface area contributed by atoms with E-state index in [0.717, 1.165) is 31.5 Å². The van der Waals surface area contributed by atoms with Crippen molar-refractivity contribution in [2.24, 2.45) is 0 Å². The number of piperidine rings is 1. The van der Waals surface area contributed by atoms with E-state index in [0.29, 0.717) is 9.37 Å². The van der Waals surface area contributed by atoms with Gasteiger partial charge in [0.1, 0.15) is 0 Å². The molecular formula is C13H19BrN2O2S. The maximum Gasteiger partial charge on any atom is 0.241 e. The Kier molecular flexibility index (Phi) is 4.66. The molecule has 0 bridgehead atoms. The fourth-order valence-corrected chi connectivity index (χ4v) is 4.82. The van der Waals surface area contributed by atoms with Gasteiger partial charge in [-0.15, -0.1) is 0 Å². The van der Waals surface area contributed by atoms with Gasteiger partial charge in [0.15, 0.2) is 0 Å². The van der Waals surface area contributed by atoms with Gasteiger partial charge in [0.25, 0.3) is 0 Å². The molecule has 1 aliphatic rings. The van der Waals surface area contributed by atoms with Gasteiger partial charge in [0, 0.05) is 17.1 Å². The second-order valence-electron chi connectivity index (χ2n) is 5.16. The fourth-order valence-electron chi connectivity index (χ4n) is 2.37. The van der Waals surface area contributed by atoms with E-state index >= 15 is 0 Å². The Hall–Kier alpha value is -0.430. The Morgan fingerprint density at radius 2 is 2.16 bits per heavy atom. The number of likely N-dealkylation sites (tertiary alicyclic amines) is 1. The molecule has 0 aliphatic carbocycles. The van der Waals surface area contributed by atoms with Crippen molar-refractivity contribution in [1.29, 1.82) is 0 Å². The van der Waals surface area contributed by atoms with E-state index in [9.17, 15) is 8.42 Å².